The highest BCUT2D eigenvalue weighted by molar-refractivity contribution is 6.06. The van der Waals surface area contributed by atoms with Crippen molar-refractivity contribution in [3.8, 4) is 5.75 Å². The number of benzene rings is 1. The van der Waals surface area contributed by atoms with E-state index in [2.05, 4.69) is 18.8 Å². The summed E-state index contributed by atoms with van der Waals surface area (Å²) in [5.74, 6) is 1.27. The minimum atomic E-state index is -0.0400. The van der Waals surface area contributed by atoms with Gasteiger partial charge in [-0.25, -0.2) is 0 Å². The summed E-state index contributed by atoms with van der Waals surface area (Å²) in [6.45, 7) is 6.62. The predicted molar refractivity (Wildman–Crippen MR) is 102 cm³/mol. The van der Waals surface area contributed by atoms with Gasteiger partial charge in [0.25, 0.3) is 5.56 Å². The number of nitrogens with two attached hydrogens (primary N) is 1. The van der Waals surface area contributed by atoms with E-state index in [1.165, 1.54) is 0 Å². The van der Waals surface area contributed by atoms with Crippen LogP contribution in [0.2, 0.25) is 0 Å². The lowest BCUT2D eigenvalue weighted by molar-refractivity contribution is 0.271. The normalized spacial score (nSPS) is 12.9. The molecule has 132 valence electrons. The van der Waals surface area contributed by atoms with Gasteiger partial charge in [0.1, 0.15) is 12.4 Å². The zero-order chi connectivity index (χ0) is 18.1. The Kier molecular flexibility index (Phi) is 4.77. The molecule has 0 aliphatic rings. The van der Waals surface area contributed by atoms with E-state index in [1.807, 2.05) is 31.2 Å². The standard InChI is InChI=1S/C20H25N3O2/c1-12(2)9-14(21)11-25-15-5-6-16-17-7-8-22-13(3)19(17)20(24)23(4)18(16)10-15/h5-8,10,12,14H,9,11,21H2,1-4H3/t14-/m1/s1. The molecule has 0 saturated heterocycles. The monoisotopic (exact) mass is 339 g/mol. The lowest BCUT2D eigenvalue weighted by atomic mass is 10.1. The van der Waals surface area contributed by atoms with Gasteiger partial charge >= 0.3 is 0 Å². The average molecular weight is 339 g/mol. The molecule has 2 N–H and O–H groups in total. The summed E-state index contributed by atoms with van der Waals surface area (Å²) in [5, 5.41) is 2.61. The molecule has 0 radical (unpaired) electrons. The first kappa shape index (κ1) is 17.4. The van der Waals surface area contributed by atoms with Crippen LogP contribution in [0.4, 0.5) is 0 Å². The van der Waals surface area contributed by atoms with Gasteiger partial charge in [-0.3, -0.25) is 9.78 Å². The third kappa shape index (κ3) is 3.37. The summed E-state index contributed by atoms with van der Waals surface area (Å²) in [7, 11) is 1.78. The number of rotatable bonds is 5. The Morgan fingerprint density at radius 1 is 1.24 bits per heavy atom. The first-order valence-electron chi connectivity index (χ1n) is 8.65. The van der Waals surface area contributed by atoms with Crippen LogP contribution in [0.1, 0.15) is 26.0 Å². The number of nitrogens with zero attached hydrogens (tertiary/aromatic N) is 2. The Morgan fingerprint density at radius 2 is 2.00 bits per heavy atom. The van der Waals surface area contributed by atoms with Gasteiger partial charge in [-0.2, -0.15) is 0 Å². The van der Waals surface area contributed by atoms with E-state index < -0.39 is 0 Å². The topological polar surface area (TPSA) is 70.1 Å². The SMILES string of the molecule is Cc1nccc2c1c(=O)n(C)c1cc(OC[C@H](N)CC(C)C)ccc21. The van der Waals surface area contributed by atoms with E-state index in [0.29, 0.717) is 17.9 Å². The Balaban J connectivity index is 2.02. The molecule has 0 saturated carbocycles. The molecule has 0 spiro atoms. The van der Waals surface area contributed by atoms with Crippen molar-refractivity contribution in [3.63, 3.8) is 0 Å². The van der Waals surface area contributed by atoms with Crippen molar-refractivity contribution < 1.29 is 4.74 Å². The van der Waals surface area contributed by atoms with Crippen LogP contribution >= 0.6 is 0 Å². The smallest absolute Gasteiger partial charge is 0.260 e. The van der Waals surface area contributed by atoms with Crippen molar-refractivity contribution in [3.05, 3.63) is 46.5 Å². The molecular weight excluding hydrogens is 314 g/mol. The van der Waals surface area contributed by atoms with E-state index in [1.54, 1.807) is 17.8 Å². The van der Waals surface area contributed by atoms with Crippen LogP contribution < -0.4 is 16.0 Å². The number of hydrogen-bond donors (Lipinski definition) is 1. The van der Waals surface area contributed by atoms with Crippen molar-refractivity contribution in [2.75, 3.05) is 6.61 Å². The molecule has 3 rings (SSSR count). The maximum atomic E-state index is 12.7. The lowest BCUT2D eigenvalue weighted by Crippen LogP contribution is -2.29. The fourth-order valence-electron chi connectivity index (χ4n) is 3.32. The number of aryl methyl sites for hydroxylation is 2. The first-order chi connectivity index (χ1) is 11.9. The maximum Gasteiger partial charge on any atom is 0.260 e. The summed E-state index contributed by atoms with van der Waals surface area (Å²) >= 11 is 0. The molecule has 0 fully saturated rings. The molecule has 0 bridgehead atoms. The highest BCUT2D eigenvalue weighted by Crippen LogP contribution is 2.27. The van der Waals surface area contributed by atoms with Crippen LogP contribution in [-0.4, -0.2) is 22.2 Å². The van der Waals surface area contributed by atoms with Crippen molar-refractivity contribution in [2.24, 2.45) is 18.7 Å². The molecule has 0 unspecified atom stereocenters. The minimum Gasteiger partial charge on any atom is -0.492 e. The van der Waals surface area contributed by atoms with Gasteiger partial charge in [0.15, 0.2) is 0 Å². The third-order valence-corrected chi connectivity index (χ3v) is 4.52. The Hall–Kier alpha value is -2.40. The first-order valence-corrected chi connectivity index (χ1v) is 8.65. The van der Waals surface area contributed by atoms with Crippen LogP contribution in [0.25, 0.3) is 21.7 Å². The van der Waals surface area contributed by atoms with Crippen LogP contribution in [0.15, 0.2) is 35.3 Å². The highest BCUT2D eigenvalue weighted by atomic mass is 16.5. The summed E-state index contributed by atoms with van der Waals surface area (Å²) in [6, 6.07) is 7.74. The summed E-state index contributed by atoms with van der Waals surface area (Å²) in [6.07, 6.45) is 2.66. The van der Waals surface area contributed by atoms with Crippen molar-refractivity contribution in [1.82, 2.24) is 9.55 Å². The Bertz CT molecular complexity index is 976. The molecule has 1 atom stereocenters. The Labute approximate surface area is 147 Å². The van der Waals surface area contributed by atoms with Gasteiger partial charge in [-0.15, -0.1) is 0 Å². The fourth-order valence-corrected chi connectivity index (χ4v) is 3.32. The molecule has 25 heavy (non-hydrogen) atoms. The van der Waals surface area contributed by atoms with Gasteiger partial charge in [0.2, 0.25) is 0 Å². The Morgan fingerprint density at radius 3 is 2.72 bits per heavy atom. The van der Waals surface area contributed by atoms with E-state index in [0.717, 1.165) is 34.2 Å². The molecule has 3 aromatic rings. The lowest BCUT2D eigenvalue weighted by Gasteiger charge is -2.16. The van der Waals surface area contributed by atoms with Gasteiger partial charge in [0.05, 0.1) is 16.6 Å². The number of ether oxygens (including phenoxy) is 1. The molecule has 0 aliphatic carbocycles. The van der Waals surface area contributed by atoms with Gasteiger partial charge in [0, 0.05) is 30.7 Å². The molecule has 5 heteroatoms. The summed E-state index contributed by atoms with van der Waals surface area (Å²) in [5.41, 5.74) is 7.65. The second kappa shape index (κ2) is 6.84. The van der Waals surface area contributed by atoms with Crippen LogP contribution in [-0.2, 0) is 7.05 Å². The van der Waals surface area contributed by atoms with Crippen molar-refractivity contribution in [2.45, 2.75) is 33.2 Å². The van der Waals surface area contributed by atoms with Gasteiger partial charge in [-0.1, -0.05) is 13.8 Å². The maximum absolute atomic E-state index is 12.7. The van der Waals surface area contributed by atoms with Gasteiger partial charge in [-0.05, 0) is 42.8 Å². The minimum absolute atomic E-state index is 0.00449. The summed E-state index contributed by atoms with van der Waals surface area (Å²) in [4.78, 5) is 17.0. The number of pyridine rings is 2. The molecule has 5 nitrogen and oxygen atoms in total. The number of fused-ring (bicyclic) bond motifs is 3. The highest BCUT2D eigenvalue weighted by Gasteiger charge is 2.12. The zero-order valence-electron chi connectivity index (χ0n) is 15.2. The number of aromatic nitrogens is 2. The van der Waals surface area contributed by atoms with Crippen molar-refractivity contribution in [1.29, 1.82) is 0 Å². The van der Waals surface area contributed by atoms with Crippen LogP contribution in [0.3, 0.4) is 0 Å². The molecule has 2 heterocycles. The second-order valence-corrected chi connectivity index (χ2v) is 7.06. The van der Waals surface area contributed by atoms with E-state index >= 15 is 0 Å². The largest absolute Gasteiger partial charge is 0.492 e. The summed E-state index contributed by atoms with van der Waals surface area (Å²) < 4.78 is 7.51. The van der Waals surface area contributed by atoms with E-state index in [4.69, 9.17) is 10.5 Å². The molecule has 0 amide bonds. The molecule has 0 aliphatic heterocycles. The predicted octanol–water partition coefficient (Wildman–Crippen LogP) is 3.15. The van der Waals surface area contributed by atoms with Crippen LogP contribution in [0.5, 0.6) is 5.75 Å². The van der Waals surface area contributed by atoms with Gasteiger partial charge < -0.3 is 15.0 Å². The quantitative estimate of drug-likeness (QED) is 0.725. The zero-order valence-corrected chi connectivity index (χ0v) is 15.2. The molecule has 2 aromatic heterocycles. The second-order valence-electron chi connectivity index (χ2n) is 7.06. The average Bonchev–Trinajstić information content (AvgIpc) is 2.57. The third-order valence-electron chi connectivity index (χ3n) is 4.52. The molecular formula is C20H25N3O2. The molecule has 1 aromatic carbocycles. The van der Waals surface area contributed by atoms with Crippen molar-refractivity contribution >= 4 is 21.7 Å². The fraction of sp³-hybridized carbons (Fsp3) is 0.400. The van der Waals surface area contributed by atoms with E-state index in [-0.39, 0.29) is 11.6 Å². The van der Waals surface area contributed by atoms with Crippen LogP contribution in [0, 0.1) is 12.8 Å². The van der Waals surface area contributed by atoms with E-state index in [9.17, 15) is 4.79 Å². The number of hydrogen-bond acceptors (Lipinski definition) is 4.